The minimum atomic E-state index is -0.594. The lowest BCUT2D eigenvalue weighted by Crippen LogP contribution is -2.62. The molecule has 1 unspecified atom stereocenters. The predicted molar refractivity (Wildman–Crippen MR) is 56.6 cm³/mol. The minimum absolute atomic E-state index is 0.353. The topological polar surface area (TPSA) is 49.1 Å². The first-order chi connectivity index (χ1) is 5.87. The van der Waals surface area contributed by atoms with Crippen LogP contribution in [0.1, 0.15) is 53.4 Å². The zero-order chi connectivity index (χ0) is 10.5. The Morgan fingerprint density at radius 3 is 2.15 bits per heavy atom. The molecule has 0 aliphatic rings. The van der Waals surface area contributed by atoms with E-state index in [1.165, 1.54) is 0 Å². The maximum atomic E-state index is 11.9. The van der Waals surface area contributed by atoms with Crippen LogP contribution in [0.3, 0.4) is 0 Å². The molecule has 0 aliphatic carbocycles. The van der Waals surface area contributed by atoms with Crippen molar-refractivity contribution in [1.29, 1.82) is 0 Å². The molecule has 0 saturated carbocycles. The molecule has 0 aromatic heterocycles. The van der Waals surface area contributed by atoms with Gasteiger partial charge in [0.25, 0.3) is 0 Å². The second-order valence-corrected chi connectivity index (χ2v) is 4.39. The Hall–Kier alpha value is -0.120. The number of rotatable bonds is 6. The number of hydroxylamine groups is 2. The SMILES string of the molecule is CCCCC[N+](N)([O-])C(C)(C)CC. The first-order valence-electron chi connectivity index (χ1n) is 5.25. The van der Waals surface area contributed by atoms with Crippen LogP contribution >= 0.6 is 0 Å². The van der Waals surface area contributed by atoms with E-state index in [1.54, 1.807) is 0 Å². The van der Waals surface area contributed by atoms with Crippen LogP contribution in [-0.2, 0) is 0 Å². The van der Waals surface area contributed by atoms with Gasteiger partial charge in [-0.3, -0.25) is 4.76 Å². The fourth-order valence-corrected chi connectivity index (χ4v) is 1.17. The van der Waals surface area contributed by atoms with E-state index < -0.39 is 4.76 Å². The summed E-state index contributed by atoms with van der Waals surface area (Å²) in [6, 6.07) is 0. The summed E-state index contributed by atoms with van der Waals surface area (Å²) < 4.78 is -0.594. The molecule has 0 heterocycles. The largest absolute Gasteiger partial charge is 0.611 e. The third kappa shape index (κ3) is 3.63. The monoisotopic (exact) mass is 188 g/mol. The van der Waals surface area contributed by atoms with E-state index in [0.29, 0.717) is 6.54 Å². The van der Waals surface area contributed by atoms with E-state index in [-0.39, 0.29) is 5.54 Å². The van der Waals surface area contributed by atoms with E-state index in [1.807, 2.05) is 20.8 Å². The first-order valence-corrected chi connectivity index (χ1v) is 5.25. The molecule has 0 fully saturated rings. The van der Waals surface area contributed by atoms with Gasteiger partial charge in [0.05, 0.1) is 6.54 Å². The van der Waals surface area contributed by atoms with Crippen LogP contribution in [0.15, 0.2) is 0 Å². The predicted octanol–water partition coefficient (Wildman–Crippen LogP) is 2.55. The summed E-state index contributed by atoms with van der Waals surface area (Å²) in [4.78, 5) is 0. The summed E-state index contributed by atoms with van der Waals surface area (Å²) in [6.07, 6.45) is 3.98. The summed E-state index contributed by atoms with van der Waals surface area (Å²) in [6.45, 7) is 8.55. The highest BCUT2D eigenvalue weighted by Gasteiger charge is 2.32. The summed E-state index contributed by atoms with van der Waals surface area (Å²) in [5.74, 6) is 5.73. The molecule has 1 atom stereocenters. The van der Waals surface area contributed by atoms with Crippen molar-refractivity contribution in [1.82, 2.24) is 0 Å². The Morgan fingerprint density at radius 2 is 1.77 bits per heavy atom. The van der Waals surface area contributed by atoms with Gasteiger partial charge in [0.2, 0.25) is 0 Å². The van der Waals surface area contributed by atoms with E-state index >= 15 is 0 Å². The standard InChI is InChI=1S/C10H24N2O/c1-5-7-8-9-12(11,13)10(3,4)6-2/h5-9,11H2,1-4H3. The maximum absolute atomic E-state index is 11.9. The van der Waals surface area contributed by atoms with Gasteiger partial charge in [0, 0.05) is 6.42 Å². The molecule has 3 nitrogen and oxygen atoms in total. The van der Waals surface area contributed by atoms with Crippen LogP contribution < -0.4 is 5.84 Å². The molecule has 0 saturated heterocycles. The third-order valence-corrected chi connectivity index (χ3v) is 2.98. The van der Waals surface area contributed by atoms with Crippen LogP contribution in [0, 0.1) is 5.21 Å². The molecule has 0 aromatic rings. The highest BCUT2D eigenvalue weighted by Crippen LogP contribution is 2.22. The van der Waals surface area contributed by atoms with Crippen LogP contribution in [0.4, 0.5) is 0 Å². The van der Waals surface area contributed by atoms with Gasteiger partial charge in [-0.25, -0.2) is 0 Å². The molecule has 2 N–H and O–H groups in total. The lowest BCUT2D eigenvalue weighted by molar-refractivity contribution is -0.940. The Bertz CT molecular complexity index is 144. The molecule has 0 radical (unpaired) electrons. The highest BCUT2D eigenvalue weighted by molar-refractivity contribution is 4.67. The lowest BCUT2D eigenvalue weighted by Gasteiger charge is -2.49. The van der Waals surface area contributed by atoms with Crippen molar-refractivity contribution in [2.24, 2.45) is 5.84 Å². The Labute approximate surface area is 82.1 Å². The fourth-order valence-electron chi connectivity index (χ4n) is 1.17. The summed E-state index contributed by atoms with van der Waals surface area (Å²) in [7, 11) is 0. The van der Waals surface area contributed by atoms with Gasteiger partial charge < -0.3 is 5.21 Å². The summed E-state index contributed by atoms with van der Waals surface area (Å²) in [5, 5.41) is 11.9. The van der Waals surface area contributed by atoms with Crippen molar-refractivity contribution < 1.29 is 4.76 Å². The van der Waals surface area contributed by atoms with Crippen molar-refractivity contribution >= 4 is 0 Å². The summed E-state index contributed by atoms with van der Waals surface area (Å²) >= 11 is 0. The van der Waals surface area contributed by atoms with Crippen molar-refractivity contribution in [2.45, 2.75) is 58.9 Å². The number of nitrogens with zero attached hydrogens (tertiary/aromatic N) is 1. The van der Waals surface area contributed by atoms with Crippen LogP contribution in [-0.4, -0.2) is 16.8 Å². The normalized spacial score (nSPS) is 17.1. The summed E-state index contributed by atoms with van der Waals surface area (Å²) in [5.41, 5.74) is -0.353. The zero-order valence-electron chi connectivity index (χ0n) is 9.47. The van der Waals surface area contributed by atoms with Gasteiger partial charge in [-0.2, -0.15) is 5.84 Å². The van der Waals surface area contributed by atoms with Crippen LogP contribution in [0.5, 0.6) is 0 Å². The molecule has 0 aromatic carbocycles. The number of unbranched alkanes of at least 4 members (excludes halogenated alkanes) is 2. The number of hydrogen-bond donors (Lipinski definition) is 1. The average molecular weight is 188 g/mol. The second-order valence-electron chi connectivity index (χ2n) is 4.39. The van der Waals surface area contributed by atoms with Gasteiger partial charge in [0.15, 0.2) is 0 Å². The zero-order valence-corrected chi connectivity index (χ0v) is 9.47. The number of quaternary nitrogens is 1. The molecule has 0 amide bonds. The van der Waals surface area contributed by atoms with Crippen molar-refractivity contribution in [3.63, 3.8) is 0 Å². The maximum Gasteiger partial charge on any atom is 0.110 e. The molecule has 3 heteroatoms. The third-order valence-electron chi connectivity index (χ3n) is 2.98. The molecular weight excluding hydrogens is 164 g/mol. The second kappa shape index (κ2) is 4.94. The van der Waals surface area contributed by atoms with Gasteiger partial charge in [-0.15, -0.1) is 0 Å². The molecule has 80 valence electrons. The van der Waals surface area contributed by atoms with Crippen LogP contribution in [0.25, 0.3) is 0 Å². The molecule has 0 rings (SSSR count). The van der Waals surface area contributed by atoms with Crippen molar-refractivity contribution in [3.05, 3.63) is 5.21 Å². The van der Waals surface area contributed by atoms with E-state index in [9.17, 15) is 5.21 Å². The van der Waals surface area contributed by atoms with Gasteiger partial charge in [0.1, 0.15) is 5.54 Å². The molecule has 0 aliphatic heterocycles. The molecular formula is C10H24N2O. The minimum Gasteiger partial charge on any atom is -0.611 e. The Morgan fingerprint density at radius 1 is 1.23 bits per heavy atom. The fraction of sp³-hybridized carbons (Fsp3) is 1.00. The number of hydrogen-bond acceptors (Lipinski definition) is 2. The highest BCUT2D eigenvalue weighted by atomic mass is 16.6. The van der Waals surface area contributed by atoms with Crippen LogP contribution in [0.2, 0.25) is 0 Å². The van der Waals surface area contributed by atoms with Gasteiger partial charge >= 0.3 is 0 Å². The Kier molecular flexibility index (Phi) is 4.89. The quantitative estimate of drug-likeness (QED) is 0.301. The molecule has 0 bridgehead atoms. The Balaban J connectivity index is 4.06. The van der Waals surface area contributed by atoms with Gasteiger partial charge in [-0.05, 0) is 26.7 Å². The number of nitrogens with two attached hydrogens (primary N) is 1. The van der Waals surface area contributed by atoms with Crippen molar-refractivity contribution in [3.8, 4) is 0 Å². The van der Waals surface area contributed by atoms with E-state index in [0.717, 1.165) is 25.7 Å². The molecule has 13 heavy (non-hydrogen) atoms. The van der Waals surface area contributed by atoms with Crippen molar-refractivity contribution in [2.75, 3.05) is 6.54 Å². The van der Waals surface area contributed by atoms with E-state index in [2.05, 4.69) is 6.92 Å². The molecule has 0 spiro atoms. The van der Waals surface area contributed by atoms with Gasteiger partial charge in [-0.1, -0.05) is 20.3 Å². The smallest absolute Gasteiger partial charge is 0.110 e. The van der Waals surface area contributed by atoms with E-state index in [4.69, 9.17) is 5.84 Å². The average Bonchev–Trinajstić information content (AvgIpc) is 2.04. The lowest BCUT2D eigenvalue weighted by atomic mass is 10.00. The first kappa shape index (κ1) is 12.9.